The standard InChI is InChI=1S/C14H17N3O4S/c1-10(13(18)17-6-8-21-9-7-17)22(19,20)14-15-11-4-2-3-5-12(11)16-14/h2-5,10H,6-9H2,1H3,(H,15,16). The van der Waals surface area contributed by atoms with Crippen LogP contribution in [0.2, 0.25) is 0 Å². The number of carbonyl (C=O) groups excluding carboxylic acids is 1. The first kappa shape index (κ1) is 15.0. The second kappa shape index (κ2) is 5.69. The number of morpholine rings is 1. The van der Waals surface area contributed by atoms with Gasteiger partial charge in [-0.3, -0.25) is 4.79 Å². The molecule has 1 aromatic carbocycles. The van der Waals surface area contributed by atoms with Crippen LogP contribution in [0.3, 0.4) is 0 Å². The highest BCUT2D eigenvalue weighted by Crippen LogP contribution is 2.19. The van der Waals surface area contributed by atoms with Crippen LogP contribution in [0, 0.1) is 0 Å². The third-order valence-electron chi connectivity index (χ3n) is 3.77. The van der Waals surface area contributed by atoms with Crippen LogP contribution >= 0.6 is 0 Å². The lowest BCUT2D eigenvalue weighted by Gasteiger charge is -2.28. The average molecular weight is 323 g/mol. The number of amides is 1. The lowest BCUT2D eigenvalue weighted by Crippen LogP contribution is -2.47. The van der Waals surface area contributed by atoms with Crippen LogP contribution in [-0.2, 0) is 19.4 Å². The number of aromatic nitrogens is 2. The number of imidazole rings is 1. The maximum Gasteiger partial charge on any atom is 0.241 e. The third kappa shape index (κ3) is 2.59. The second-order valence-corrected chi connectivity index (χ2v) is 7.37. The zero-order valence-electron chi connectivity index (χ0n) is 12.2. The number of hydrogen-bond donors (Lipinski definition) is 1. The van der Waals surface area contributed by atoms with Gasteiger partial charge >= 0.3 is 0 Å². The highest BCUT2D eigenvalue weighted by Gasteiger charge is 2.35. The number of H-pyrrole nitrogens is 1. The number of nitrogens with zero attached hydrogens (tertiary/aromatic N) is 2. The quantitative estimate of drug-likeness (QED) is 0.892. The Bertz CT molecular complexity index is 760. The van der Waals surface area contributed by atoms with Gasteiger partial charge in [0.25, 0.3) is 0 Å². The molecular formula is C14H17N3O4S. The van der Waals surface area contributed by atoms with E-state index in [1.165, 1.54) is 11.8 Å². The molecule has 0 aliphatic carbocycles. The minimum absolute atomic E-state index is 0.164. The van der Waals surface area contributed by atoms with Gasteiger partial charge in [0.2, 0.25) is 20.9 Å². The molecule has 1 amide bonds. The molecule has 0 saturated carbocycles. The number of nitrogens with one attached hydrogen (secondary N) is 1. The largest absolute Gasteiger partial charge is 0.378 e. The van der Waals surface area contributed by atoms with Crippen molar-refractivity contribution in [3.8, 4) is 0 Å². The zero-order chi connectivity index (χ0) is 15.7. The van der Waals surface area contributed by atoms with Crippen molar-refractivity contribution in [2.75, 3.05) is 26.3 Å². The van der Waals surface area contributed by atoms with Gasteiger partial charge in [-0.05, 0) is 19.1 Å². The van der Waals surface area contributed by atoms with Crippen molar-refractivity contribution >= 4 is 26.8 Å². The van der Waals surface area contributed by atoms with Crippen LogP contribution in [0.5, 0.6) is 0 Å². The molecule has 2 heterocycles. The maximum atomic E-state index is 12.6. The fourth-order valence-electron chi connectivity index (χ4n) is 2.41. The number of sulfone groups is 1. The molecule has 7 nitrogen and oxygen atoms in total. The summed E-state index contributed by atoms with van der Waals surface area (Å²) < 4.78 is 30.4. The van der Waals surface area contributed by atoms with E-state index >= 15 is 0 Å². The normalized spacial score (nSPS) is 17.6. The Hall–Kier alpha value is -1.93. The monoisotopic (exact) mass is 323 g/mol. The van der Waals surface area contributed by atoms with E-state index in [4.69, 9.17) is 4.74 Å². The molecule has 22 heavy (non-hydrogen) atoms. The Balaban J connectivity index is 1.89. The van der Waals surface area contributed by atoms with Gasteiger partial charge in [-0.15, -0.1) is 0 Å². The van der Waals surface area contributed by atoms with Crippen LogP contribution in [0.15, 0.2) is 29.4 Å². The number of fused-ring (bicyclic) bond motifs is 1. The summed E-state index contributed by atoms with van der Waals surface area (Å²) in [5, 5.41) is -1.34. The molecule has 1 atom stereocenters. The SMILES string of the molecule is CC(C(=O)N1CCOCC1)S(=O)(=O)c1nc2ccccc2[nH]1. The smallest absolute Gasteiger partial charge is 0.241 e. The topological polar surface area (TPSA) is 92.4 Å². The fourth-order valence-corrected chi connectivity index (χ4v) is 3.63. The number of carbonyl (C=O) groups is 1. The number of aromatic amines is 1. The first-order valence-electron chi connectivity index (χ1n) is 7.05. The van der Waals surface area contributed by atoms with Crippen LogP contribution in [0.1, 0.15) is 6.92 Å². The number of benzene rings is 1. The molecule has 0 bridgehead atoms. The van der Waals surface area contributed by atoms with Crippen molar-refractivity contribution in [3.05, 3.63) is 24.3 Å². The molecule has 118 valence electrons. The summed E-state index contributed by atoms with van der Waals surface area (Å²) >= 11 is 0. The van der Waals surface area contributed by atoms with Gasteiger partial charge in [-0.1, -0.05) is 12.1 Å². The predicted molar refractivity (Wildman–Crippen MR) is 80.1 cm³/mol. The number of rotatable bonds is 3. The van der Waals surface area contributed by atoms with E-state index in [2.05, 4.69) is 9.97 Å². The summed E-state index contributed by atoms with van der Waals surface area (Å²) in [5.41, 5.74) is 1.19. The van der Waals surface area contributed by atoms with E-state index in [9.17, 15) is 13.2 Å². The minimum atomic E-state index is -3.85. The highest BCUT2D eigenvalue weighted by molar-refractivity contribution is 7.92. The summed E-state index contributed by atoms with van der Waals surface area (Å²) in [5.74, 6) is -0.413. The molecule has 1 unspecified atom stereocenters. The van der Waals surface area contributed by atoms with Crippen LogP contribution in [-0.4, -0.2) is 60.7 Å². The van der Waals surface area contributed by atoms with E-state index in [0.717, 1.165) is 0 Å². The van der Waals surface area contributed by atoms with E-state index in [1.54, 1.807) is 24.3 Å². The van der Waals surface area contributed by atoms with Gasteiger partial charge in [-0.25, -0.2) is 13.4 Å². The molecule has 1 N–H and O–H groups in total. The molecule has 1 fully saturated rings. The van der Waals surface area contributed by atoms with Crippen LogP contribution in [0.25, 0.3) is 11.0 Å². The maximum absolute atomic E-state index is 12.6. The molecule has 1 aromatic heterocycles. The Morgan fingerprint density at radius 1 is 1.32 bits per heavy atom. The van der Waals surface area contributed by atoms with Crippen LogP contribution in [0.4, 0.5) is 0 Å². The number of ether oxygens (including phenoxy) is 1. The van der Waals surface area contributed by atoms with E-state index in [-0.39, 0.29) is 5.16 Å². The summed E-state index contributed by atoms with van der Waals surface area (Å²) in [6.45, 7) is 3.10. The molecule has 0 spiro atoms. The van der Waals surface area contributed by atoms with Crippen molar-refractivity contribution in [2.24, 2.45) is 0 Å². The van der Waals surface area contributed by atoms with Crippen molar-refractivity contribution in [3.63, 3.8) is 0 Å². The summed E-state index contributed by atoms with van der Waals surface area (Å²) in [4.78, 5) is 20.8. The summed E-state index contributed by atoms with van der Waals surface area (Å²) in [6, 6.07) is 7.04. The first-order valence-corrected chi connectivity index (χ1v) is 8.60. The minimum Gasteiger partial charge on any atom is -0.378 e. The van der Waals surface area contributed by atoms with Crippen molar-refractivity contribution in [1.29, 1.82) is 0 Å². The van der Waals surface area contributed by atoms with E-state index < -0.39 is 21.0 Å². The number of para-hydroxylation sites is 2. The molecule has 0 radical (unpaired) electrons. The fraction of sp³-hybridized carbons (Fsp3) is 0.429. The molecule has 3 rings (SSSR count). The van der Waals surface area contributed by atoms with Gasteiger partial charge in [0.1, 0.15) is 5.25 Å². The number of hydrogen-bond acceptors (Lipinski definition) is 5. The first-order chi connectivity index (χ1) is 10.5. The molecule has 2 aromatic rings. The predicted octanol–water partition coefficient (Wildman–Crippen LogP) is 0.584. The van der Waals surface area contributed by atoms with E-state index in [0.29, 0.717) is 37.3 Å². The van der Waals surface area contributed by atoms with Crippen molar-refractivity contribution in [1.82, 2.24) is 14.9 Å². The Morgan fingerprint density at radius 2 is 2.00 bits per heavy atom. The lowest BCUT2D eigenvalue weighted by atomic mass is 10.3. The highest BCUT2D eigenvalue weighted by atomic mass is 32.2. The lowest BCUT2D eigenvalue weighted by molar-refractivity contribution is -0.134. The molecule has 1 aliphatic heterocycles. The molecular weight excluding hydrogens is 306 g/mol. The Kier molecular flexibility index (Phi) is 3.88. The Morgan fingerprint density at radius 3 is 2.68 bits per heavy atom. The van der Waals surface area contributed by atoms with Gasteiger partial charge in [0.15, 0.2) is 0 Å². The zero-order valence-corrected chi connectivity index (χ0v) is 13.0. The van der Waals surface area contributed by atoms with Crippen molar-refractivity contribution in [2.45, 2.75) is 17.3 Å². The van der Waals surface area contributed by atoms with Crippen molar-refractivity contribution < 1.29 is 17.9 Å². The van der Waals surface area contributed by atoms with Gasteiger partial charge in [0, 0.05) is 13.1 Å². The summed E-state index contributed by atoms with van der Waals surface area (Å²) in [7, 11) is -3.85. The van der Waals surface area contributed by atoms with Gasteiger partial charge in [0.05, 0.1) is 24.2 Å². The van der Waals surface area contributed by atoms with Gasteiger partial charge < -0.3 is 14.6 Å². The molecule has 1 saturated heterocycles. The van der Waals surface area contributed by atoms with E-state index in [1.807, 2.05) is 0 Å². The second-order valence-electron chi connectivity index (χ2n) is 5.18. The Labute approximate surface area is 128 Å². The average Bonchev–Trinajstić information content (AvgIpc) is 2.99. The molecule has 1 aliphatic rings. The molecule has 8 heteroatoms. The van der Waals surface area contributed by atoms with Crippen LogP contribution < -0.4 is 0 Å². The van der Waals surface area contributed by atoms with Gasteiger partial charge in [-0.2, -0.15) is 0 Å². The summed E-state index contributed by atoms with van der Waals surface area (Å²) in [6.07, 6.45) is 0. The third-order valence-corrected chi connectivity index (χ3v) is 5.64.